The second-order valence-electron chi connectivity index (χ2n) is 5.72. The number of carbonyl (C=O) groups excluding carboxylic acids is 1. The van der Waals surface area contributed by atoms with Crippen molar-refractivity contribution >= 4 is 6.03 Å². The molecule has 0 aromatic heterocycles. The van der Waals surface area contributed by atoms with Gasteiger partial charge in [0.15, 0.2) is 0 Å². The van der Waals surface area contributed by atoms with Crippen molar-refractivity contribution < 1.29 is 18.3 Å². The molecule has 1 saturated carbocycles. The predicted molar refractivity (Wildman–Crippen MR) is 79.9 cm³/mol. The number of ether oxygens (including phenoxy) is 1. The zero-order chi connectivity index (χ0) is 15.9. The average molecular weight is 312 g/mol. The van der Waals surface area contributed by atoms with Gasteiger partial charge in [-0.2, -0.15) is 8.78 Å². The van der Waals surface area contributed by atoms with E-state index in [2.05, 4.69) is 22.3 Å². The number of alkyl halides is 2. The molecule has 0 heterocycles. The summed E-state index contributed by atoms with van der Waals surface area (Å²) in [5.74, 6) is 0.615. The van der Waals surface area contributed by atoms with Crippen molar-refractivity contribution in [3.8, 4) is 5.75 Å². The molecule has 1 aliphatic carbocycles. The quantitative estimate of drug-likeness (QED) is 0.871. The number of rotatable bonds is 5. The lowest BCUT2D eigenvalue weighted by Gasteiger charge is -2.29. The fourth-order valence-electron chi connectivity index (χ4n) is 2.72. The van der Waals surface area contributed by atoms with Crippen molar-refractivity contribution in [1.82, 2.24) is 10.6 Å². The molecule has 1 aromatic carbocycles. The van der Waals surface area contributed by atoms with Crippen molar-refractivity contribution in [2.24, 2.45) is 5.92 Å². The third-order valence-electron chi connectivity index (χ3n) is 4.03. The van der Waals surface area contributed by atoms with Crippen molar-refractivity contribution in [2.75, 3.05) is 0 Å². The van der Waals surface area contributed by atoms with E-state index in [9.17, 15) is 13.6 Å². The van der Waals surface area contributed by atoms with Crippen molar-refractivity contribution in [3.05, 3.63) is 29.8 Å². The number of benzene rings is 1. The van der Waals surface area contributed by atoms with Crippen LogP contribution in [0, 0.1) is 5.92 Å². The van der Waals surface area contributed by atoms with E-state index in [0.717, 1.165) is 24.8 Å². The molecule has 1 aliphatic rings. The molecule has 0 spiro atoms. The van der Waals surface area contributed by atoms with Crippen molar-refractivity contribution in [1.29, 1.82) is 0 Å². The van der Waals surface area contributed by atoms with E-state index in [1.807, 2.05) is 0 Å². The van der Waals surface area contributed by atoms with Gasteiger partial charge in [-0.05, 0) is 36.5 Å². The van der Waals surface area contributed by atoms with Crippen LogP contribution in [-0.2, 0) is 6.54 Å². The summed E-state index contributed by atoms with van der Waals surface area (Å²) in [6, 6.07) is 6.28. The first-order chi connectivity index (χ1) is 10.5. The monoisotopic (exact) mass is 312 g/mol. The van der Waals surface area contributed by atoms with Gasteiger partial charge in [0.1, 0.15) is 5.75 Å². The summed E-state index contributed by atoms with van der Waals surface area (Å²) in [5, 5.41) is 5.79. The minimum absolute atomic E-state index is 0.110. The number of hydrogen-bond donors (Lipinski definition) is 2. The van der Waals surface area contributed by atoms with E-state index in [4.69, 9.17) is 0 Å². The molecule has 2 amide bonds. The van der Waals surface area contributed by atoms with Crippen LogP contribution in [0.1, 0.15) is 38.2 Å². The number of halogens is 2. The zero-order valence-corrected chi connectivity index (χ0v) is 12.6. The molecule has 0 aliphatic heterocycles. The number of hydrogen-bond acceptors (Lipinski definition) is 2. The van der Waals surface area contributed by atoms with Gasteiger partial charge in [0.25, 0.3) is 0 Å². The lowest BCUT2D eigenvalue weighted by atomic mass is 9.86. The highest BCUT2D eigenvalue weighted by molar-refractivity contribution is 5.74. The molecule has 22 heavy (non-hydrogen) atoms. The standard InChI is InChI=1S/C16H22F2N2O2/c1-11-4-2-3-5-14(11)20-16(21)19-10-12-6-8-13(9-7-12)22-15(17)18/h6-9,11,14-15H,2-5,10H2,1H3,(H2,19,20,21)/t11-,14-/m0/s1. The van der Waals surface area contributed by atoms with E-state index in [-0.39, 0.29) is 17.8 Å². The Balaban J connectivity index is 1.76. The van der Waals surface area contributed by atoms with Gasteiger partial charge in [-0.3, -0.25) is 0 Å². The smallest absolute Gasteiger partial charge is 0.387 e. The van der Waals surface area contributed by atoms with Crippen molar-refractivity contribution in [2.45, 2.75) is 51.8 Å². The number of urea groups is 1. The second kappa shape index (κ2) is 7.96. The van der Waals surface area contributed by atoms with Crippen LogP contribution in [-0.4, -0.2) is 18.7 Å². The molecule has 2 atom stereocenters. The largest absolute Gasteiger partial charge is 0.435 e. The van der Waals surface area contributed by atoms with Crippen LogP contribution in [0.3, 0.4) is 0 Å². The van der Waals surface area contributed by atoms with Crippen LogP contribution < -0.4 is 15.4 Å². The highest BCUT2D eigenvalue weighted by atomic mass is 19.3. The third kappa shape index (κ3) is 5.16. The molecule has 1 aromatic rings. The summed E-state index contributed by atoms with van der Waals surface area (Å²) in [7, 11) is 0. The van der Waals surface area contributed by atoms with Gasteiger partial charge in [0, 0.05) is 12.6 Å². The van der Waals surface area contributed by atoms with Gasteiger partial charge in [0.05, 0.1) is 0 Å². The fourth-order valence-corrected chi connectivity index (χ4v) is 2.72. The van der Waals surface area contributed by atoms with Crippen LogP contribution in [0.15, 0.2) is 24.3 Å². The molecular weight excluding hydrogens is 290 g/mol. The highest BCUT2D eigenvalue weighted by Crippen LogP contribution is 2.23. The van der Waals surface area contributed by atoms with Gasteiger partial charge in [-0.25, -0.2) is 4.79 Å². The Kier molecular flexibility index (Phi) is 5.98. The van der Waals surface area contributed by atoms with Gasteiger partial charge >= 0.3 is 12.6 Å². The number of nitrogens with one attached hydrogen (secondary N) is 2. The van der Waals surface area contributed by atoms with Gasteiger partial charge in [0.2, 0.25) is 0 Å². The second-order valence-corrected chi connectivity index (χ2v) is 5.72. The van der Waals surface area contributed by atoms with Crippen LogP contribution in [0.5, 0.6) is 5.75 Å². The first-order valence-electron chi connectivity index (χ1n) is 7.62. The van der Waals surface area contributed by atoms with E-state index < -0.39 is 6.61 Å². The molecule has 6 heteroatoms. The van der Waals surface area contributed by atoms with Gasteiger partial charge in [-0.1, -0.05) is 31.9 Å². The average Bonchev–Trinajstić information content (AvgIpc) is 2.48. The van der Waals surface area contributed by atoms with E-state index >= 15 is 0 Å². The summed E-state index contributed by atoms with van der Waals surface area (Å²) in [6.45, 7) is -0.319. The van der Waals surface area contributed by atoms with Crippen LogP contribution in [0.4, 0.5) is 13.6 Å². The lowest BCUT2D eigenvalue weighted by molar-refractivity contribution is -0.0498. The first-order valence-corrected chi connectivity index (χ1v) is 7.62. The summed E-state index contributed by atoms with van der Waals surface area (Å²) >= 11 is 0. The Bertz CT molecular complexity index is 480. The minimum atomic E-state index is -2.83. The Morgan fingerprint density at radius 2 is 1.95 bits per heavy atom. The summed E-state index contributed by atoms with van der Waals surface area (Å²) in [5.41, 5.74) is 0.827. The summed E-state index contributed by atoms with van der Waals surface area (Å²) < 4.78 is 28.4. The SMILES string of the molecule is C[C@H]1CCCC[C@@H]1NC(=O)NCc1ccc(OC(F)F)cc1. The maximum Gasteiger partial charge on any atom is 0.387 e. The zero-order valence-electron chi connectivity index (χ0n) is 12.6. The Morgan fingerprint density at radius 3 is 2.59 bits per heavy atom. The molecule has 122 valence electrons. The Hall–Kier alpha value is -1.85. The van der Waals surface area contributed by atoms with Crippen LogP contribution >= 0.6 is 0 Å². The summed E-state index contributed by atoms with van der Waals surface area (Å²) in [6.07, 6.45) is 4.56. The summed E-state index contributed by atoms with van der Waals surface area (Å²) in [4.78, 5) is 11.9. The molecule has 4 nitrogen and oxygen atoms in total. The van der Waals surface area contributed by atoms with Crippen molar-refractivity contribution in [3.63, 3.8) is 0 Å². The van der Waals surface area contributed by atoms with E-state index in [0.29, 0.717) is 12.5 Å². The van der Waals surface area contributed by atoms with Gasteiger partial charge < -0.3 is 15.4 Å². The Morgan fingerprint density at radius 1 is 1.27 bits per heavy atom. The molecular formula is C16H22F2N2O2. The lowest BCUT2D eigenvalue weighted by Crippen LogP contribution is -2.45. The molecule has 0 bridgehead atoms. The fraction of sp³-hybridized carbons (Fsp3) is 0.562. The Labute approximate surface area is 129 Å². The first kappa shape index (κ1) is 16.5. The van der Waals surface area contributed by atoms with Gasteiger partial charge in [-0.15, -0.1) is 0 Å². The molecule has 0 saturated heterocycles. The topological polar surface area (TPSA) is 50.4 Å². The maximum atomic E-state index is 12.0. The number of amides is 2. The highest BCUT2D eigenvalue weighted by Gasteiger charge is 2.22. The third-order valence-corrected chi connectivity index (χ3v) is 4.03. The van der Waals surface area contributed by atoms with E-state index in [1.165, 1.54) is 18.6 Å². The molecule has 0 unspecified atom stereocenters. The molecule has 2 rings (SSSR count). The molecule has 1 fully saturated rings. The molecule has 0 radical (unpaired) electrons. The maximum absolute atomic E-state index is 12.0. The predicted octanol–water partition coefficient (Wildman–Crippen LogP) is 3.67. The van der Waals surface area contributed by atoms with E-state index in [1.54, 1.807) is 12.1 Å². The number of carbonyl (C=O) groups is 1. The molecule has 2 N–H and O–H groups in total. The minimum Gasteiger partial charge on any atom is -0.435 e. The normalized spacial score (nSPS) is 21.5. The van der Waals surface area contributed by atoms with Crippen LogP contribution in [0.2, 0.25) is 0 Å². The van der Waals surface area contributed by atoms with Crippen LogP contribution in [0.25, 0.3) is 0 Å².